The first-order valence-electron chi connectivity index (χ1n) is 2.95. The van der Waals surface area contributed by atoms with Crippen LogP contribution in [-0.4, -0.2) is 27.8 Å². The van der Waals surface area contributed by atoms with Gasteiger partial charge in [0, 0.05) is 25.0 Å². The Morgan fingerprint density at radius 2 is 2.00 bits per heavy atom. The van der Waals surface area contributed by atoms with Gasteiger partial charge in [-0.1, -0.05) is 0 Å². The summed E-state index contributed by atoms with van der Waals surface area (Å²) in [7, 11) is 0. The maximum Gasteiger partial charge on any atom is 0.380 e. The quantitative estimate of drug-likeness (QED) is 0.569. The normalized spacial score (nSPS) is 20.4. The minimum Gasteiger partial charge on any atom is -0.472 e. The van der Waals surface area contributed by atoms with E-state index in [1.807, 2.05) is 4.31 Å². The fourth-order valence-corrected chi connectivity index (χ4v) is 1.55. The van der Waals surface area contributed by atoms with E-state index < -0.39 is 5.30 Å². The molecule has 52 valence electrons. The highest BCUT2D eigenvalue weighted by molar-refractivity contribution is 8.11. The van der Waals surface area contributed by atoms with Gasteiger partial charge in [0.25, 0.3) is 0 Å². The Bertz CT molecular complexity index is 112. The van der Waals surface area contributed by atoms with Gasteiger partial charge in [-0.3, -0.25) is 0 Å². The number of rotatable bonds is 1. The molecule has 0 spiro atoms. The molecule has 3 nitrogen and oxygen atoms in total. The second-order valence-electron chi connectivity index (χ2n) is 1.99. The van der Waals surface area contributed by atoms with Crippen molar-refractivity contribution in [3.63, 3.8) is 0 Å². The minimum atomic E-state index is -0.795. The highest BCUT2D eigenvalue weighted by Crippen LogP contribution is 2.17. The summed E-state index contributed by atoms with van der Waals surface area (Å²) in [6.45, 7) is 1.86. The van der Waals surface area contributed by atoms with Gasteiger partial charge in [0.1, 0.15) is 0 Å². The van der Waals surface area contributed by atoms with Crippen molar-refractivity contribution in [3.05, 3.63) is 0 Å². The standard InChI is InChI=1S/C5H9NO2S/c7-5(8)9-6-3-1-2-4-6/h1-4H2,(H,7,8). The SMILES string of the molecule is O=C(O)SN1CCCC1. The van der Waals surface area contributed by atoms with Crippen LogP contribution < -0.4 is 0 Å². The van der Waals surface area contributed by atoms with E-state index in [9.17, 15) is 4.79 Å². The summed E-state index contributed by atoms with van der Waals surface area (Å²) < 4.78 is 1.88. The highest BCUT2D eigenvalue weighted by atomic mass is 32.2. The first-order valence-corrected chi connectivity index (χ1v) is 3.72. The molecule has 1 fully saturated rings. The lowest BCUT2D eigenvalue weighted by Crippen LogP contribution is -2.11. The molecule has 0 bridgehead atoms. The molecule has 1 rings (SSSR count). The molecule has 0 amide bonds. The van der Waals surface area contributed by atoms with Crippen LogP contribution in [-0.2, 0) is 0 Å². The average molecular weight is 147 g/mol. The van der Waals surface area contributed by atoms with E-state index in [2.05, 4.69) is 0 Å². The lowest BCUT2D eigenvalue weighted by Gasteiger charge is -2.07. The fraction of sp³-hybridized carbons (Fsp3) is 0.800. The average Bonchev–Trinajstić information content (AvgIpc) is 2.15. The van der Waals surface area contributed by atoms with Gasteiger partial charge in [-0.15, -0.1) is 0 Å². The van der Waals surface area contributed by atoms with Crippen molar-refractivity contribution >= 4 is 17.2 Å². The van der Waals surface area contributed by atoms with E-state index in [-0.39, 0.29) is 0 Å². The monoisotopic (exact) mass is 147 g/mol. The van der Waals surface area contributed by atoms with Gasteiger partial charge < -0.3 is 5.11 Å². The molecule has 0 aliphatic carbocycles. The van der Waals surface area contributed by atoms with Crippen LogP contribution in [0.4, 0.5) is 4.79 Å². The maximum atomic E-state index is 10.1. The van der Waals surface area contributed by atoms with Crippen LogP contribution in [0.3, 0.4) is 0 Å². The van der Waals surface area contributed by atoms with Gasteiger partial charge in [-0.05, 0) is 12.8 Å². The fourth-order valence-electron chi connectivity index (χ4n) is 0.890. The van der Waals surface area contributed by atoms with Crippen LogP contribution in [0.2, 0.25) is 0 Å². The third-order valence-electron chi connectivity index (χ3n) is 1.27. The van der Waals surface area contributed by atoms with Crippen LogP contribution >= 0.6 is 11.9 Å². The zero-order valence-corrected chi connectivity index (χ0v) is 5.86. The van der Waals surface area contributed by atoms with Crippen molar-refractivity contribution in [1.29, 1.82) is 0 Å². The van der Waals surface area contributed by atoms with Crippen molar-refractivity contribution in [2.45, 2.75) is 12.8 Å². The Morgan fingerprint density at radius 1 is 1.44 bits per heavy atom. The second-order valence-corrected chi connectivity index (χ2v) is 3.04. The molecular formula is C5H9NO2S. The molecule has 1 aliphatic rings. The summed E-state index contributed by atoms with van der Waals surface area (Å²) in [5.41, 5.74) is 0. The van der Waals surface area contributed by atoms with Crippen molar-refractivity contribution in [2.24, 2.45) is 0 Å². The van der Waals surface area contributed by atoms with Crippen molar-refractivity contribution in [2.75, 3.05) is 13.1 Å². The lowest BCUT2D eigenvalue weighted by atomic mass is 10.4. The van der Waals surface area contributed by atoms with Crippen LogP contribution in [0.5, 0.6) is 0 Å². The molecule has 0 saturated carbocycles. The maximum absolute atomic E-state index is 10.1. The zero-order chi connectivity index (χ0) is 6.69. The van der Waals surface area contributed by atoms with Gasteiger partial charge in [0.05, 0.1) is 0 Å². The van der Waals surface area contributed by atoms with E-state index in [0.29, 0.717) is 0 Å². The predicted molar refractivity (Wildman–Crippen MR) is 36.4 cm³/mol. The first kappa shape index (κ1) is 6.89. The van der Waals surface area contributed by atoms with E-state index in [1.165, 1.54) is 0 Å². The number of hydrogen-bond acceptors (Lipinski definition) is 3. The van der Waals surface area contributed by atoms with Crippen molar-refractivity contribution in [1.82, 2.24) is 4.31 Å². The lowest BCUT2D eigenvalue weighted by molar-refractivity contribution is 0.221. The Hall–Kier alpha value is -0.220. The summed E-state index contributed by atoms with van der Waals surface area (Å²) in [4.78, 5) is 10.1. The smallest absolute Gasteiger partial charge is 0.380 e. The molecule has 0 aromatic carbocycles. The van der Waals surface area contributed by atoms with E-state index in [4.69, 9.17) is 5.11 Å². The van der Waals surface area contributed by atoms with E-state index >= 15 is 0 Å². The third-order valence-corrected chi connectivity index (χ3v) is 2.05. The summed E-state index contributed by atoms with van der Waals surface area (Å²) >= 11 is 0.912. The van der Waals surface area contributed by atoms with E-state index in [0.717, 1.165) is 37.9 Å². The highest BCUT2D eigenvalue weighted by Gasteiger charge is 2.14. The summed E-state index contributed by atoms with van der Waals surface area (Å²) in [6, 6.07) is 0. The summed E-state index contributed by atoms with van der Waals surface area (Å²) in [6.07, 6.45) is 2.28. The molecule has 4 heteroatoms. The molecule has 1 heterocycles. The molecule has 1 aliphatic heterocycles. The molecule has 1 saturated heterocycles. The molecular weight excluding hydrogens is 138 g/mol. The Morgan fingerprint density at radius 3 is 2.44 bits per heavy atom. The molecule has 0 unspecified atom stereocenters. The Balaban J connectivity index is 2.19. The van der Waals surface area contributed by atoms with Crippen molar-refractivity contribution in [3.8, 4) is 0 Å². The van der Waals surface area contributed by atoms with E-state index in [1.54, 1.807) is 0 Å². The molecule has 0 radical (unpaired) electrons. The van der Waals surface area contributed by atoms with Gasteiger partial charge in [-0.25, -0.2) is 9.10 Å². The number of hydrogen-bond donors (Lipinski definition) is 1. The van der Waals surface area contributed by atoms with Gasteiger partial charge >= 0.3 is 5.30 Å². The van der Waals surface area contributed by atoms with Crippen LogP contribution in [0.15, 0.2) is 0 Å². The number of carboxylic acid groups (broad SMARTS) is 1. The number of carbonyl (C=O) groups is 1. The Labute approximate surface area is 58.2 Å². The largest absolute Gasteiger partial charge is 0.472 e. The van der Waals surface area contributed by atoms with Crippen LogP contribution in [0.25, 0.3) is 0 Å². The van der Waals surface area contributed by atoms with Gasteiger partial charge in [-0.2, -0.15) is 0 Å². The molecule has 0 aromatic rings. The summed E-state index contributed by atoms with van der Waals surface area (Å²) in [5, 5.41) is 7.50. The zero-order valence-electron chi connectivity index (χ0n) is 5.04. The topological polar surface area (TPSA) is 40.5 Å². The molecule has 0 atom stereocenters. The molecule has 0 aromatic heterocycles. The predicted octanol–water partition coefficient (Wildman–Crippen LogP) is 1.41. The first-order chi connectivity index (χ1) is 4.29. The van der Waals surface area contributed by atoms with Crippen LogP contribution in [0.1, 0.15) is 12.8 Å². The summed E-state index contributed by atoms with van der Waals surface area (Å²) in [5.74, 6) is 0. The van der Waals surface area contributed by atoms with Gasteiger partial charge in [0.15, 0.2) is 0 Å². The molecule has 1 N–H and O–H groups in total. The molecule has 9 heavy (non-hydrogen) atoms. The van der Waals surface area contributed by atoms with Crippen molar-refractivity contribution < 1.29 is 9.90 Å². The second kappa shape index (κ2) is 3.08. The minimum absolute atomic E-state index is 0.795. The third kappa shape index (κ3) is 2.24. The Kier molecular flexibility index (Phi) is 2.36. The number of nitrogens with zero attached hydrogens (tertiary/aromatic N) is 1. The van der Waals surface area contributed by atoms with Gasteiger partial charge in [0.2, 0.25) is 0 Å². The van der Waals surface area contributed by atoms with Crippen LogP contribution in [0, 0.1) is 0 Å².